The van der Waals surface area contributed by atoms with Gasteiger partial charge in [-0.1, -0.05) is 12.1 Å². The van der Waals surface area contributed by atoms with Crippen LogP contribution >= 0.6 is 15.9 Å². The standard InChI is InChI=1S/C15H19BrN2O2/c1-4-18-13(14(16)10(2)17-18)9-15(3,20)11-5-7-12(19)8-6-11/h5-8,19-20H,4,9H2,1-3H3. The summed E-state index contributed by atoms with van der Waals surface area (Å²) in [6.45, 7) is 6.49. The summed E-state index contributed by atoms with van der Waals surface area (Å²) >= 11 is 3.54. The van der Waals surface area contributed by atoms with E-state index in [9.17, 15) is 10.2 Å². The molecule has 4 nitrogen and oxygen atoms in total. The van der Waals surface area contributed by atoms with Gasteiger partial charge in [0.15, 0.2) is 0 Å². The SMILES string of the molecule is CCn1nc(C)c(Br)c1CC(C)(O)c1ccc(O)cc1. The molecule has 0 fully saturated rings. The number of halogens is 1. The van der Waals surface area contributed by atoms with Gasteiger partial charge in [-0.25, -0.2) is 0 Å². The molecule has 1 aromatic heterocycles. The number of aromatic nitrogens is 2. The molecule has 2 N–H and O–H groups in total. The van der Waals surface area contributed by atoms with Crippen molar-refractivity contribution in [3.63, 3.8) is 0 Å². The molecule has 0 aliphatic heterocycles. The first-order chi connectivity index (χ1) is 9.35. The molecule has 0 aliphatic carbocycles. The van der Waals surface area contributed by atoms with Crippen molar-refractivity contribution >= 4 is 15.9 Å². The molecule has 0 aliphatic rings. The molecule has 1 unspecified atom stereocenters. The van der Waals surface area contributed by atoms with Crippen LogP contribution in [0.3, 0.4) is 0 Å². The molecule has 0 spiro atoms. The second-order valence-electron chi connectivity index (χ2n) is 5.16. The Hall–Kier alpha value is -1.33. The number of phenolic OH excluding ortho intramolecular Hbond substituents is 1. The highest BCUT2D eigenvalue weighted by Crippen LogP contribution is 2.31. The van der Waals surface area contributed by atoms with Crippen LogP contribution < -0.4 is 0 Å². The Labute approximate surface area is 127 Å². The van der Waals surface area contributed by atoms with Gasteiger partial charge in [0, 0.05) is 13.0 Å². The third kappa shape index (κ3) is 2.88. The maximum atomic E-state index is 10.7. The van der Waals surface area contributed by atoms with Crippen molar-refractivity contribution in [2.75, 3.05) is 0 Å². The van der Waals surface area contributed by atoms with Crippen LogP contribution in [0, 0.1) is 6.92 Å². The molecule has 1 heterocycles. The average molecular weight is 339 g/mol. The van der Waals surface area contributed by atoms with Gasteiger partial charge in [0.2, 0.25) is 0 Å². The number of nitrogens with zero attached hydrogens (tertiary/aromatic N) is 2. The number of rotatable bonds is 4. The van der Waals surface area contributed by atoms with Gasteiger partial charge in [-0.15, -0.1) is 0 Å². The predicted octanol–water partition coefficient (Wildman–Crippen LogP) is 3.13. The average Bonchev–Trinajstić information content (AvgIpc) is 2.66. The van der Waals surface area contributed by atoms with Crippen molar-refractivity contribution in [1.82, 2.24) is 9.78 Å². The quantitative estimate of drug-likeness (QED) is 0.900. The summed E-state index contributed by atoms with van der Waals surface area (Å²) in [5.41, 5.74) is 1.64. The Morgan fingerprint density at radius 3 is 2.45 bits per heavy atom. The second kappa shape index (κ2) is 5.58. The van der Waals surface area contributed by atoms with Gasteiger partial charge in [0.25, 0.3) is 0 Å². The van der Waals surface area contributed by atoms with Crippen molar-refractivity contribution < 1.29 is 10.2 Å². The largest absolute Gasteiger partial charge is 0.508 e. The summed E-state index contributed by atoms with van der Waals surface area (Å²) in [5, 5.41) is 24.5. The molecular weight excluding hydrogens is 320 g/mol. The van der Waals surface area contributed by atoms with E-state index in [-0.39, 0.29) is 5.75 Å². The van der Waals surface area contributed by atoms with Gasteiger partial charge in [-0.3, -0.25) is 4.68 Å². The topological polar surface area (TPSA) is 58.3 Å². The van der Waals surface area contributed by atoms with Crippen LogP contribution in [0.15, 0.2) is 28.7 Å². The highest BCUT2D eigenvalue weighted by atomic mass is 79.9. The molecule has 2 aromatic rings. The minimum absolute atomic E-state index is 0.195. The van der Waals surface area contributed by atoms with E-state index in [1.807, 2.05) is 18.5 Å². The zero-order chi connectivity index (χ0) is 14.9. The lowest BCUT2D eigenvalue weighted by Crippen LogP contribution is -2.26. The normalized spacial score (nSPS) is 14.2. The molecule has 0 saturated heterocycles. The lowest BCUT2D eigenvalue weighted by atomic mass is 9.91. The molecule has 5 heteroatoms. The fraction of sp³-hybridized carbons (Fsp3) is 0.400. The maximum Gasteiger partial charge on any atom is 0.115 e. The van der Waals surface area contributed by atoms with Crippen LogP contribution in [0.4, 0.5) is 0 Å². The van der Waals surface area contributed by atoms with E-state index in [1.165, 1.54) is 0 Å². The van der Waals surface area contributed by atoms with Gasteiger partial charge in [0.05, 0.1) is 21.5 Å². The zero-order valence-corrected chi connectivity index (χ0v) is 13.5. The summed E-state index contributed by atoms with van der Waals surface area (Å²) in [6.07, 6.45) is 0.451. The Morgan fingerprint density at radius 1 is 1.30 bits per heavy atom. The van der Waals surface area contributed by atoms with E-state index in [1.54, 1.807) is 31.2 Å². The Balaban J connectivity index is 2.35. The van der Waals surface area contributed by atoms with Crippen LogP contribution in [-0.4, -0.2) is 20.0 Å². The van der Waals surface area contributed by atoms with Gasteiger partial charge in [0.1, 0.15) is 5.75 Å². The number of hydrogen-bond donors (Lipinski definition) is 2. The van der Waals surface area contributed by atoms with E-state index >= 15 is 0 Å². The lowest BCUT2D eigenvalue weighted by molar-refractivity contribution is 0.0552. The Morgan fingerprint density at radius 2 is 1.90 bits per heavy atom. The number of phenols is 1. The summed E-state index contributed by atoms with van der Waals surface area (Å²) in [7, 11) is 0. The fourth-order valence-corrected chi connectivity index (χ4v) is 2.71. The monoisotopic (exact) mass is 338 g/mol. The van der Waals surface area contributed by atoms with Crippen molar-refractivity contribution in [2.24, 2.45) is 0 Å². The molecule has 20 heavy (non-hydrogen) atoms. The minimum Gasteiger partial charge on any atom is -0.508 e. The van der Waals surface area contributed by atoms with Crippen LogP contribution in [-0.2, 0) is 18.6 Å². The van der Waals surface area contributed by atoms with Crippen molar-refractivity contribution in [1.29, 1.82) is 0 Å². The third-order valence-corrected chi connectivity index (χ3v) is 4.49. The lowest BCUT2D eigenvalue weighted by Gasteiger charge is -2.24. The highest BCUT2D eigenvalue weighted by Gasteiger charge is 2.27. The molecular formula is C15H19BrN2O2. The number of aryl methyl sites for hydroxylation is 2. The third-order valence-electron chi connectivity index (χ3n) is 3.45. The molecule has 0 saturated carbocycles. The fourth-order valence-electron chi connectivity index (χ4n) is 2.29. The number of aliphatic hydroxyl groups is 1. The first-order valence-electron chi connectivity index (χ1n) is 6.59. The van der Waals surface area contributed by atoms with Gasteiger partial charge < -0.3 is 10.2 Å². The zero-order valence-electron chi connectivity index (χ0n) is 11.9. The van der Waals surface area contributed by atoms with E-state index < -0.39 is 5.60 Å². The van der Waals surface area contributed by atoms with Crippen molar-refractivity contribution in [3.05, 3.63) is 45.7 Å². The van der Waals surface area contributed by atoms with Crippen LogP contribution in [0.5, 0.6) is 5.75 Å². The highest BCUT2D eigenvalue weighted by molar-refractivity contribution is 9.10. The number of aromatic hydroxyl groups is 1. The van der Waals surface area contributed by atoms with Crippen LogP contribution in [0.1, 0.15) is 30.8 Å². The van der Waals surface area contributed by atoms with Crippen LogP contribution in [0.2, 0.25) is 0 Å². The maximum absolute atomic E-state index is 10.7. The predicted molar refractivity (Wildman–Crippen MR) is 81.7 cm³/mol. The molecule has 2 rings (SSSR count). The van der Waals surface area contributed by atoms with E-state index in [0.717, 1.165) is 28.0 Å². The molecule has 0 radical (unpaired) electrons. The number of hydrogen-bond acceptors (Lipinski definition) is 3. The van der Waals surface area contributed by atoms with E-state index in [2.05, 4.69) is 21.0 Å². The van der Waals surface area contributed by atoms with Crippen molar-refractivity contribution in [2.45, 2.75) is 39.3 Å². The number of benzene rings is 1. The Bertz CT molecular complexity index is 603. The smallest absolute Gasteiger partial charge is 0.115 e. The molecule has 108 valence electrons. The van der Waals surface area contributed by atoms with Crippen LogP contribution in [0.25, 0.3) is 0 Å². The summed E-state index contributed by atoms with van der Waals surface area (Å²) in [6, 6.07) is 6.65. The molecule has 0 amide bonds. The Kier molecular flexibility index (Phi) is 4.20. The summed E-state index contributed by atoms with van der Waals surface area (Å²) in [4.78, 5) is 0. The van der Waals surface area contributed by atoms with Gasteiger partial charge in [-0.05, 0) is 54.4 Å². The van der Waals surface area contributed by atoms with Crippen molar-refractivity contribution in [3.8, 4) is 5.75 Å². The first kappa shape index (κ1) is 15.1. The van der Waals surface area contributed by atoms with Gasteiger partial charge >= 0.3 is 0 Å². The first-order valence-corrected chi connectivity index (χ1v) is 7.38. The van der Waals surface area contributed by atoms with Gasteiger partial charge in [-0.2, -0.15) is 5.10 Å². The minimum atomic E-state index is -1.02. The second-order valence-corrected chi connectivity index (χ2v) is 5.95. The van der Waals surface area contributed by atoms with E-state index in [4.69, 9.17) is 0 Å². The summed E-state index contributed by atoms with van der Waals surface area (Å²) < 4.78 is 2.84. The molecule has 0 bridgehead atoms. The molecule has 1 aromatic carbocycles. The summed E-state index contributed by atoms with van der Waals surface area (Å²) in [5.74, 6) is 0.195. The van der Waals surface area contributed by atoms with E-state index in [0.29, 0.717) is 6.42 Å². The molecule has 1 atom stereocenters.